The number of carboxylic acids is 1. The average Bonchev–Trinajstić information content (AvgIpc) is 2.34. The average molecular weight is 328 g/mol. The van der Waals surface area contributed by atoms with E-state index in [1.54, 1.807) is 0 Å². The molecule has 1 aromatic carbocycles. The van der Waals surface area contributed by atoms with Crippen molar-refractivity contribution in [2.45, 2.75) is 36.4 Å². The second-order valence-electron chi connectivity index (χ2n) is 4.85. The topological polar surface area (TPSA) is 66.4 Å². The first-order valence-electron chi connectivity index (χ1n) is 6.00. The summed E-state index contributed by atoms with van der Waals surface area (Å²) in [6.45, 7) is 5.13. The molecule has 1 amide bonds. The molecule has 1 aromatic rings. The summed E-state index contributed by atoms with van der Waals surface area (Å²) in [7, 11) is 0. The van der Waals surface area contributed by atoms with E-state index < -0.39 is 16.3 Å². The number of hydrogen-bond acceptors (Lipinski definition) is 2. The van der Waals surface area contributed by atoms with Crippen molar-refractivity contribution in [1.82, 2.24) is 5.32 Å². The molecule has 0 aliphatic rings. The van der Waals surface area contributed by atoms with Crippen LogP contribution in [0.2, 0.25) is 4.31 Å². The zero-order valence-corrected chi connectivity index (χ0v) is 13.1. The third-order valence-electron chi connectivity index (χ3n) is 2.74. The van der Waals surface area contributed by atoms with E-state index >= 15 is 0 Å². The van der Waals surface area contributed by atoms with Crippen LogP contribution in [0.3, 0.4) is 0 Å². The summed E-state index contributed by atoms with van der Waals surface area (Å²) in [6.07, 6.45) is 0. The predicted molar refractivity (Wildman–Crippen MR) is 75.2 cm³/mol. The molecule has 0 bridgehead atoms. The summed E-state index contributed by atoms with van der Waals surface area (Å²) >= 11 is 0.0693. The number of aliphatic carboxylic acids is 1. The van der Waals surface area contributed by atoms with Crippen molar-refractivity contribution in [2.75, 3.05) is 0 Å². The zero-order chi connectivity index (χ0) is 14.5. The fourth-order valence-corrected chi connectivity index (χ4v) is 3.88. The van der Waals surface area contributed by atoms with Crippen molar-refractivity contribution in [2.24, 2.45) is 0 Å². The SMILES string of the molecule is CC(=O)NC(C(=O)O)C(C)(C)[Se]Cc1ccccc1. The van der Waals surface area contributed by atoms with E-state index in [-0.39, 0.29) is 20.9 Å². The second kappa shape index (κ2) is 6.73. The van der Waals surface area contributed by atoms with E-state index in [1.165, 1.54) is 12.5 Å². The van der Waals surface area contributed by atoms with Crippen LogP contribution in [-0.4, -0.2) is 38.0 Å². The third kappa shape index (κ3) is 5.05. The summed E-state index contributed by atoms with van der Waals surface area (Å²) in [5.74, 6) is -1.29. The van der Waals surface area contributed by atoms with Gasteiger partial charge in [0, 0.05) is 0 Å². The zero-order valence-electron chi connectivity index (χ0n) is 11.3. The molecule has 2 N–H and O–H groups in total. The molecule has 1 unspecified atom stereocenters. The van der Waals surface area contributed by atoms with Crippen LogP contribution in [0, 0.1) is 0 Å². The molecule has 1 atom stereocenters. The molecule has 0 spiro atoms. The maximum atomic E-state index is 11.3. The quantitative estimate of drug-likeness (QED) is 0.781. The van der Waals surface area contributed by atoms with Crippen LogP contribution in [-0.2, 0) is 14.9 Å². The van der Waals surface area contributed by atoms with Crippen LogP contribution in [0.15, 0.2) is 30.3 Å². The first-order valence-corrected chi connectivity index (χ1v) is 8.07. The van der Waals surface area contributed by atoms with Gasteiger partial charge >= 0.3 is 119 Å². The Labute approximate surface area is 119 Å². The molecule has 0 heterocycles. The van der Waals surface area contributed by atoms with Gasteiger partial charge in [-0.25, -0.2) is 0 Å². The van der Waals surface area contributed by atoms with Gasteiger partial charge in [-0.05, 0) is 0 Å². The number of amides is 1. The molecule has 0 aliphatic heterocycles. The normalized spacial score (nSPS) is 12.8. The monoisotopic (exact) mass is 329 g/mol. The molecule has 0 saturated carbocycles. The van der Waals surface area contributed by atoms with E-state index in [0.717, 1.165) is 5.32 Å². The summed E-state index contributed by atoms with van der Waals surface area (Å²) in [5.41, 5.74) is 1.20. The van der Waals surface area contributed by atoms with E-state index in [9.17, 15) is 14.7 Å². The van der Waals surface area contributed by atoms with Gasteiger partial charge < -0.3 is 0 Å². The van der Waals surface area contributed by atoms with E-state index in [4.69, 9.17) is 0 Å². The van der Waals surface area contributed by atoms with Gasteiger partial charge in [-0.15, -0.1) is 0 Å². The van der Waals surface area contributed by atoms with Crippen molar-refractivity contribution in [3.05, 3.63) is 35.9 Å². The number of carbonyl (C=O) groups is 2. The van der Waals surface area contributed by atoms with Crippen LogP contribution in [0.25, 0.3) is 0 Å². The van der Waals surface area contributed by atoms with Gasteiger partial charge in [0.05, 0.1) is 0 Å². The number of carboxylic acid groups (broad SMARTS) is 1. The number of benzene rings is 1. The first-order chi connectivity index (χ1) is 8.83. The van der Waals surface area contributed by atoms with Gasteiger partial charge in [0.2, 0.25) is 0 Å². The molecular formula is C14H19NO3Se. The molecule has 4 nitrogen and oxygen atoms in total. The van der Waals surface area contributed by atoms with Crippen LogP contribution >= 0.6 is 0 Å². The van der Waals surface area contributed by atoms with Crippen LogP contribution in [0.1, 0.15) is 26.3 Å². The summed E-state index contributed by atoms with van der Waals surface area (Å²) in [4.78, 5) is 22.4. The van der Waals surface area contributed by atoms with Crippen LogP contribution in [0.4, 0.5) is 0 Å². The summed E-state index contributed by atoms with van der Waals surface area (Å²) in [5, 5.41) is 12.6. The Morgan fingerprint density at radius 2 is 1.89 bits per heavy atom. The van der Waals surface area contributed by atoms with Gasteiger partial charge in [0.25, 0.3) is 0 Å². The predicted octanol–water partition coefficient (Wildman–Crippen LogP) is 1.68. The summed E-state index contributed by atoms with van der Waals surface area (Å²) < 4.78 is -0.444. The van der Waals surface area contributed by atoms with Gasteiger partial charge in [-0.3, -0.25) is 0 Å². The Balaban J connectivity index is 2.71. The standard InChI is InChI=1S/C14H19NO3Se/c1-10(16)15-12(13(17)18)14(2,3)19-9-11-7-5-4-6-8-11/h4-8,12H,9H2,1-3H3,(H,15,16)(H,17,18). The summed E-state index contributed by atoms with van der Waals surface area (Å²) in [6, 6.07) is 9.13. The Bertz CT molecular complexity index is 445. The van der Waals surface area contributed by atoms with E-state index in [1.807, 2.05) is 44.2 Å². The molecule has 1 rings (SSSR count). The minimum absolute atomic E-state index is 0.0693. The Morgan fingerprint density at radius 1 is 1.32 bits per heavy atom. The van der Waals surface area contributed by atoms with Crippen molar-refractivity contribution in [1.29, 1.82) is 0 Å². The molecule has 104 valence electrons. The second-order valence-corrected chi connectivity index (χ2v) is 8.27. The van der Waals surface area contributed by atoms with Crippen molar-refractivity contribution < 1.29 is 14.7 Å². The van der Waals surface area contributed by atoms with Crippen LogP contribution < -0.4 is 5.32 Å². The van der Waals surface area contributed by atoms with Gasteiger partial charge in [-0.1, -0.05) is 0 Å². The van der Waals surface area contributed by atoms with Crippen molar-refractivity contribution in [3.8, 4) is 0 Å². The van der Waals surface area contributed by atoms with Crippen molar-refractivity contribution in [3.63, 3.8) is 0 Å². The van der Waals surface area contributed by atoms with Gasteiger partial charge in [0.1, 0.15) is 0 Å². The number of rotatable bonds is 6. The molecule has 0 aromatic heterocycles. The van der Waals surface area contributed by atoms with Crippen molar-refractivity contribution >= 4 is 26.8 Å². The fraction of sp³-hybridized carbons (Fsp3) is 0.429. The van der Waals surface area contributed by atoms with Gasteiger partial charge in [0.15, 0.2) is 0 Å². The minimum atomic E-state index is -0.977. The third-order valence-corrected chi connectivity index (χ3v) is 5.80. The van der Waals surface area contributed by atoms with Gasteiger partial charge in [-0.2, -0.15) is 0 Å². The van der Waals surface area contributed by atoms with E-state index in [0.29, 0.717) is 0 Å². The number of carbonyl (C=O) groups excluding carboxylic acids is 1. The molecule has 0 saturated heterocycles. The maximum absolute atomic E-state index is 11.3. The number of nitrogens with one attached hydrogen (secondary N) is 1. The first kappa shape index (κ1) is 15.7. The van der Waals surface area contributed by atoms with Crippen LogP contribution in [0.5, 0.6) is 0 Å². The molecule has 0 aliphatic carbocycles. The molecular weight excluding hydrogens is 309 g/mol. The molecule has 5 heteroatoms. The molecule has 0 fully saturated rings. The van der Waals surface area contributed by atoms with E-state index in [2.05, 4.69) is 5.32 Å². The Hall–Kier alpha value is -1.32. The number of hydrogen-bond donors (Lipinski definition) is 2. The molecule has 19 heavy (non-hydrogen) atoms. The molecule has 0 radical (unpaired) electrons. The Kier molecular flexibility index (Phi) is 5.58. The Morgan fingerprint density at radius 3 is 2.37 bits per heavy atom. The fourth-order valence-electron chi connectivity index (χ4n) is 1.66.